The van der Waals surface area contributed by atoms with Gasteiger partial charge < -0.3 is 10.4 Å². The molecule has 1 aromatic rings. The van der Waals surface area contributed by atoms with E-state index in [0.717, 1.165) is 19.4 Å². The van der Waals surface area contributed by atoms with Crippen LogP contribution in [0.1, 0.15) is 18.1 Å². The van der Waals surface area contributed by atoms with Crippen LogP contribution in [0.4, 0.5) is 5.69 Å². The van der Waals surface area contributed by atoms with Crippen molar-refractivity contribution in [1.82, 2.24) is 0 Å². The Morgan fingerprint density at radius 3 is 3.07 bits per heavy atom. The van der Waals surface area contributed by atoms with Crippen molar-refractivity contribution in [3.05, 3.63) is 29.3 Å². The van der Waals surface area contributed by atoms with E-state index in [1.807, 2.05) is 0 Å². The Kier molecular flexibility index (Phi) is 2.73. The second-order valence-corrected chi connectivity index (χ2v) is 3.94. The molecule has 1 aromatic carbocycles. The van der Waals surface area contributed by atoms with Gasteiger partial charge >= 0.3 is 0 Å². The van der Waals surface area contributed by atoms with Crippen molar-refractivity contribution in [3.8, 4) is 0 Å². The molecule has 0 aromatic heterocycles. The zero-order chi connectivity index (χ0) is 9.97. The van der Waals surface area contributed by atoms with E-state index in [4.69, 9.17) is 5.11 Å². The summed E-state index contributed by atoms with van der Waals surface area (Å²) < 4.78 is 0. The van der Waals surface area contributed by atoms with E-state index >= 15 is 0 Å². The Morgan fingerprint density at radius 2 is 2.36 bits per heavy atom. The fourth-order valence-corrected chi connectivity index (χ4v) is 2.10. The highest BCUT2D eigenvalue weighted by atomic mass is 16.3. The molecule has 1 heterocycles. The summed E-state index contributed by atoms with van der Waals surface area (Å²) >= 11 is 0. The number of rotatable bonds is 2. The first-order valence-electron chi connectivity index (χ1n) is 5.30. The summed E-state index contributed by atoms with van der Waals surface area (Å²) in [6, 6.07) is 6.44. The van der Waals surface area contributed by atoms with Gasteiger partial charge in [0.15, 0.2) is 0 Å². The van der Waals surface area contributed by atoms with Crippen molar-refractivity contribution in [2.45, 2.75) is 19.8 Å². The lowest BCUT2D eigenvalue weighted by Gasteiger charge is -2.26. The summed E-state index contributed by atoms with van der Waals surface area (Å²) in [5, 5.41) is 12.5. The molecule has 0 saturated carbocycles. The number of anilines is 1. The molecule has 2 nitrogen and oxygen atoms in total. The normalized spacial score (nSPS) is 20.0. The highest BCUT2D eigenvalue weighted by Gasteiger charge is 2.18. The number of fused-ring (bicyclic) bond motifs is 1. The minimum Gasteiger partial charge on any atom is -0.396 e. The van der Waals surface area contributed by atoms with Gasteiger partial charge in [0.2, 0.25) is 0 Å². The van der Waals surface area contributed by atoms with E-state index in [9.17, 15) is 0 Å². The van der Waals surface area contributed by atoms with Gasteiger partial charge in [-0.25, -0.2) is 0 Å². The third-order valence-corrected chi connectivity index (χ3v) is 2.95. The molecule has 0 fully saturated rings. The van der Waals surface area contributed by atoms with Gasteiger partial charge in [0.1, 0.15) is 0 Å². The first kappa shape index (κ1) is 9.53. The summed E-state index contributed by atoms with van der Waals surface area (Å²) in [7, 11) is 0. The molecule has 1 unspecified atom stereocenters. The molecule has 0 saturated heterocycles. The van der Waals surface area contributed by atoms with E-state index in [1.165, 1.54) is 16.8 Å². The minimum absolute atomic E-state index is 0.281. The van der Waals surface area contributed by atoms with Gasteiger partial charge in [0, 0.05) is 24.8 Å². The van der Waals surface area contributed by atoms with Gasteiger partial charge in [-0.15, -0.1) is 0 Å². The van der Waals surface area contributed by atoms with Crippen LogP contribution in [-0.4, -0.2) is 18.3 Å². The Hall–Kier alpha value is -1.02. The summed E-state index contributed by atoms with van der Waals surface area (Å²) in [5.74, 6) is 0.384. The van der Waals surface area contributed by atoms with Gasteiger partial charge in [-0.2, -0.15) is 0 Å². The number of hydrogen-bond acceptors (Lipinski definition) is 2. The van der Waals surface area contributed by atoms with Crippen molar-refractivity contribution < 1.29 is 5.11 Å². The molecule has 2 N–H and O–H groups in total. The second-order valence-electron chi connectivity index (χ2n) is 3.94. The molecular formula is C12H17NO. The van der Waals surface area contributed by atoms with Crippen molar-refractivity contribution in [2.24, 2.45) is 5.92 Å². The Morgan fingerprint density at radius 1 is 1.50 bits per heavy atom. The van der Waals surface area contributed by atoms with Crippen LogP contribution in [0.15, 0.2) is 18.2 Å². The quantitative estimate of drug-likeness (QED) is 0.747. The first-order valence-corrected chi connectivity index (χ1v) is 5.30. The largest absolute Gasteiger partial charge is 0.396 e. The van der Waals surface area contributed by atoms with E-state index in [1.54, 1.807) is 0 Å². The standard InChI is InChI=1S/C12H17NO/c1-2-10-4-3-5-11-6-9(8-14)7-13-12(10)11/h3-5,9,13-14H,2,6-8H2,1H3. The Labute approximate surface area is 85.0 Å². The molecule has 0 aliphatic carbocycles. The fraction of sp³-hybridized carbons (Fsp3) is 0.500. The predicted molar refractivity (Wildman–Crippen MR) is 58.6 cm³/mol. The number of nitrogens with one attached hydrogen (secondary N) is 1. The van der Waals surface area contributed by atoms with Crippen LogP contribution >= 0.6 is 0 Å². The smallest absolute Gasteiger partial charge is 0.0479 e. The van der Waals surface area contributed by atoms with Crippen LogP contribution in [0.2, 0.25) is 0 Å². The minimum atomic E-state index is 0.281. The Bertz CT molecular complexity index is 322. The third-order valence-electron chi connectivity index (χ3n) is 2.95. The molecule has 2 rings (SSSR count). The maximum absolute atomic E-state index is 9.10. The number of aryl methyl sites for hydroxylation is 1. The van der Waals surface area contributed by atoms with Crippen molar-refractivity contribution in [1.29, 1.82) is 0 Å². The number of aliphatic hydroxyl groups is 1. The van der Waals surface area contributed by atoms with Crippen LogP contribution < -0.4 is 5.32 Å². The second kappa shape index (κ2) is 4.01. The summed E-state index contributed by atoms with van der Waals surface area (Å²) in [6.07, 6.45) is 2.08. The molecule has 14 heavy (non-hydrogen) atoms. The summed E-state index contributed by atoms with van der Waals surface area (Å²) in [6.45, 7) is 3.36. The van der Waals surface area contributed by atoms with Crippen molar-refractivity contribution >= 4 is 5.69 Å². The summed E-state index contributed by atoms with van der Waals surface area (Å²) in [5.41, 5.74) is 4.05. The average molecular weight is 191 g/mol. The lowest BCUT2D eigenvalue weighted by molar-refractivity contribution is 0.230. The molecule has 1 atom stereocenters. The highest BCUT2D eigenvalue weighted by Crippen LogP contribution is 2.28. The molecule has 1 aliphatic rings. The summed E-state index contributed by atoms with van der Waals surface area (Å²) in [4.78, 5) is 0. The van der Waals surface area contributed by atoms with Gasteiger partial charge in [-0.05, 0) is 24.0 Å². The first-order chi connectivity index (χ1) is 6.85. The molecule has 1 aliphatic heterocycles. The maximum Gasteiger partial charge on any atom is 0.0479 e. The van der Waals surface area contributed by atoms with Crippen LogP contribution in [-0.2, 0) is 12.8 Å². The molecule has 0 amide bonds. The van der Waals surface area contributed by atoms with Gasteiger partial charge in [0.25, 0.3) is 0 Å². The lowest BCUT2D eigenvalue weighted by atomic mass is 9.92. The van der Waals surface area contributed by atoms with E-state index < -0.39 is 0 Å². The average Bonchev–Trinajstić information content (AvgIpc) is 2.27. The monoisotopic (exact) mass is 191 g/mol. The number of para-hydroxylation sites is 1. The number of hydrogen-bond donors (Lipinski definition) is 2. The van der Waals surface area contributed by atoms with Crippen LogP contribution in [0.3, 0.4) is 0 Å². The molecular weight excluding hydrogens is 174 g/mol. The zero-order valence-electron chi connectivity index (χ0n) is 8.59. The van der Waals surface area contributed by atoms with Gasteiger partial charge in [-0.3, -0.25) is 0 Å². The van der Waals surface area contributed by atoms with Crippen molar-refractivity contribution in [3.63, 3.8) is 0 Å². The topological polar surface area (TPSA) is 32.3 Å². The molecule has 0 bridgehead atoms. The molecule has 0 radical (unpaired) electrons. The Balaban J connectivity index is 2.30. The third kappa shape index (κ3) is 1.62. The van der Waals surface area contributed by atoms with Crippen molar-refractivity contribution in [2.75, 3.05) is 18.5 Å². The van der Waals surface area contributed by atoms with E-state index in [2.05, 4.69) is 30.4 Å². The molecule has 0 spiro atoms. The van der Waals surface area contributed by atoms with Gasteiger partial charge in [0.05, 0.1) is 0 Å². The van der Waals surface area contributed by atoms with Crippen LogP contribution in [0, 0.1) is 5.92 Å². The molecule has 76 valence electrons. The van der Waals surface area contributed by atoms with Gasteiger partial charge in [-0.1, -0.05) is 25.1 Å². The van der Waals surface area contributed by atoms with E-state index in [-0.39, 0.29) is 6.61 Å². The predicted octanol–water partition coefficient (Wildman–Crippen LogP) is 1.83. The SMILES string of the molecule is CCc1cccc2c1NCC(CO)C2. The lowest BCUT2D eigenvalue weighted by Crippen LogP contribution is -2.26. The number of aliphatic hydroxyl groups excluding tert-OH is 1. The fourth-order valence-electron chi connectivity index (χ4n) is 2.10. The van der Waals surface area contributed by atoms with Crippen LogP contribution in [0.5, 0.6) is 0 Å². The van der Waals surface area contributed by atoms with Crippen LogP contribution in [0.25, 0.3) is 0 Å². The molecule has 2 heteroatoms. The zero-order valence-corrected chi connectivity index (χ0v) is 8.59. The van der Waals surface area contributed by atoms with E-state index in [0.29, 0.717) is 5.92 Å². The maximum atomic E-state index is 9.10. The number of benzene rings is 1. The highest BCUT2D eigenvalue weighted by molar-refractivity contribution is 5.59.